The highest BCUT2D eigenvalue weighted by molar-refractivity contribution is 6.51. The molecule has 1 fully saturated rings. The van der Waals surface area contributed by atoms with Gasteiger partial charge >= 0.3 is 5.97 Å². The number of anilines is 1. The van der Waals surface area contributed by atoms with Crippen LogP contribution in [0.15, 0.2) is 72.6 Å². The number of hydrogen-bond donors (Lipinski definition) is 1. The molecule has 1 saturated heterocycles. The van der Waals surface area contributed by atoms with Crippen LogP contribution in [0.2, 0.25) is 5.02 Å². The Hall–Kier alpha value is -4.17. The van der Waals surface area contributed by atoms with E-state index >= 15 is 0 Å². The fourth-order valence-electron chi connectivity index (χ4n) is 4.07. The summed E-state index contributed by atoms with van der Waals surface area (Å²) in [5, 5.41) is 11.6. The fraction of sp³-hybridized carbons (Fsp3) is 0.214. The second-order valence-corrected chi connectivity index (χ2v) is 8.94. The van der Waals surface area contributed by atoms with Gasteiger partial charge in [0.1, 0.15) is 11.5 Å². The van der Waals surface area contributed by atoms with E-state index in [4.69, 9.17) is 21.1 Å². The van der Waals surface area contributed by atoms with Gasteiger partial charge < -0.3 is 14.6 Å². The monoisotopic (exact) mass is 520 g/mol. The number of ketones is 1. The molecule has 0 bridgehead atoms. The summed E-state index contributed by atoms with van der Waals surface area (Å²) in [6.45, 7) is 5.65. The number of aliphatic hydroxyl groups excluding tert-OH is 1. The zero-order valence-electron chi connectivity index (χ0n) is 20.5. The number of halogens is 1. The number of Topliss-reactive ketones (excluding diaryl/α,β-unsaturated/α-hetero) is 1. The van der Waals surface area contributed by atoms with Crippen LogP contribution in [0.4, 0.5) is 5.69 Å². The molecule has 3 aromatic rings. The van der Waals surface area contributed by atoms with E-state index in [9.17, 15) is 19.5 Å². The van der Waals surface area contributed by atoms with Gasteiger partial charge in [-0.15, -0.1) is 0 Å². The van der Waals surface area contributed by atoms with Gasteiger partial charge in [0.25, 0.3) is 11.7 Å². The number of rotatable bonds is 7. The van der Waals surface area contributed by atoms with Gasteiger partial charge in [0.05, 0.1) is 34.9 Å². The SMILES string of the molecule is CCOc1cc(/C(O)=C2/C(=O)C(=O)N(c3ccc(C(=O)OC(C)C)cc3)C2c2ccncc2)ccc1Cl. The lowest BCUT2D eigenvalue weighted by atomic mass is 9.95. The molecule has 0 saturated carbocycles. The molecule has 0 aliphatic carbocycles. The van der Waals surface area contributed by atoms with E-state index in [-0.39, 0.29) is 23.0 Å². The lowest BCUT2D eigenvalue weighted by molar-refractivity contribution is -0.132. The Kier molecular flexibility index (Phi) is 7.59. The van der Waals surface area contributed by atoms with Gasteiger partial charge in [-0.2, -0.15) is 0 Å². The van der Waals surface area contributed by atoms with Crippen LogP contribution in [0.3, 0.4) is 0 Å². The number of carbonyl (C=O) groups is 3. The van der Waals surface area contributed by atoms with Gasteiger partial charge in [-0.25, -0.2) is 4.79 Å². The van der Waals surface area contributed by atoms with Gasteiger partial charge in [0, 0.05) is 23.6 Å². The van der Waals surface area contributed by atoms with Crippen molar-refractivity contribution in [3.05, 3.63) is 94.3 Å². The maximum atomic E-state index is 13.3. The number of hydrogen-bond acceptors (Lipinski definition) is 7. The van der Waals surface area contributed by atoms with E-state index < -0.39 is 23.7 Å². The molecule has 1 atom stereocenters. The van der Waals surface area contributed by atoms with Crippen LogP contribution in [-0.4, -0.2) is 40.5 Å². The molecule has 1 aliphatic heterocycles. The summed E-state index contributed by atoms with van der Waals surface area (Å²) in [7, 11) is 0. The van der Waals surface area contributed by atoms with Crippen molar-refractivity contribution in [1.29, 1.82) is 0 Å². The molecule has 8 nitrogen and oxygen atoms in total. The molecule has 9 heteroatoms. The lowest BCUT2D eigenvalue weighted by Crippen LogP contribution is -2.29. The molecule has 2 aromatic carbocycles. The fourth-order valence-corrected chi connectivity index (χ4v) is 4.24. The van der Waals surface area contributed by atoms with E-state index in [0.29, 0.717) is 34.2 Å². The summed E-state index contributed by atoms with van der Waals surface area (Å²) in [6.07, 6.45) is 2.79. The Labute approximate surface area is 219 Å². The Morgan fingerprint density at radius 2 is 1.70 bits per heavy atom. The van der Waals surface area contributed by atoms with Crippen molar-refractivity contribution in [2.45, 2.75) is 32.9 Å². The second-order valence-electron chi connectivity index (χ2n) is 8.53. The quantitative estimate of drug-likeness (QED) is 0.194. The third-order valence-corrected chi connectivity index (χ3v) is 6.01. The predicted molar refractivity (Wildman–Crippen MR) is 139 cm³/mol. The average Bonchev–Trinajstić information content (AvgIpc) is 3.15. The Morgan fingerprint density at radius 3 is 2.32 bits per heavy atom. The van der Waals surface area contributed by atoms with E-state index in [1.165, 1.54) is 35.5 Å². The van der Waals surface area contributed by atoms with Crippen molar-refractivity contribution in [3.63, 3.8) is 0 Å². The Balaban J connectivity index is 1.83. The summed E-state index contributed by atoms with van der Waals surface area (Å²) in [5.41, 5.74) is 1.42. The van der Waals surface area contributed by atoms with Crippen LogP contribution >= 0.6 is 11.6 Å². The first-order valence-electron chi connectivity index (χ1n) is 11.7. The van der Waals surface area contributed by atoms with Crippen molar-refractivity contribution < 1.29 is 29.0 Å². The zero-order valence-corrected chi connectivity index (χ0v) is 21.2. The highest BCUT2D eigenvalue weighted by atomic mass is 35.5. The normalized spacial score (nSPS) is 16.8. The molecule has 2 heterocycles. The summed E-state index contributed by atoms with van der Waals surface area (Å²) in [6, 6.07) is 13.2. The molecular weight excluding hydrogens is 496 g/mol. The molecule has 1 aromatic heterocycles. The minimum Gasteiger partial charge on any atom is -0.507 e. The van der Waals surface area contributed by atoms with Crippen LogP contribution in [0, 0.1) is 0 Å². The highest BCUT2D eigenvalue weighted by Gasteiger charge is 2.47. The molecule has 0 spiro atoms. The smallest absolute Gasteiger partial charge is 0.338 e. The number of amides is 1. The van der Waals surface area contributed by atoms with E-state index in [1.807, 2.05) is 0 Å². The first-order chi connectivity index (χ1) is 17.7. The van der Waals surface area contributed by atoms with E-state index in [0.717, 1.165) is 0 Å². The molecule has 1 amide bonds. The van der Waals surface area contributed by atoms with Gasteiger partial charge in [0.2, 0.25) is 0 Å². The summed E-state index contributed by atoms with van der Waals surface area (Å²) in [4.78, 5) is 44.2. The standard InChI is InChI=1S/C28H25ClN2O6/c1-4-36-22-15-19(7-10-21(22)29)25(32)23-24(17-11-13-30-14-12-17)31(27(34)26(23)33)20-8-5-18(6-9-20)28(35)37-16(2)3/h5-16,24,32H,4H2,1-3H3/b25-23-. The molecule has 0 radical (unpaired) electrons. The maximum Gasteiger partial charge on any atom is 0.338 e. The van der Waals surface area contributed by atoms with Crippen molar-refractivity contribution >= 4 is 40.7 Å². The zero-order chi connectivity index (χ0) is 26.7. The van der Waals surface area contributed by atoms with Gasteiger partial charge in [-0.1, -0.05) is 11.6 Å². The van der Waals surface area contributed by atoms with Gasteiger partial charge in [-0.3, -0.25) is 19.5 Å². The largest absolute Gasteiger partial charge is 0.507 e. The molecule has 37 heavy (non-hydrogen) atoms. The van der Waals surface area contributed by atoms with Gasteiger partial charge in [-0.05, 0) is 80.9 Å². The minimum absolute atomic E-state index is 0.0933. The predicted octanol–water partition coefficient (Wildman–Crippen LogP) is 5.33. The molecule has 1 aliphatic rings. The third-order valence-electron chi connectivity index (χ3n) is 5.69. The third kappa shape index (κ3) is 5.20. The Bertz CT molecular complexity index is 1370. The van der Waals surface area contributed by atoms with E-state index in [2.05, 4.69) is 4.98 Å². The first-order valence-corrected chi connectivity index (χ1v) is 12.0. The minimum atomic E-state index is -0.942. The molecule has 1 N–H and O–H groups in total. The highest BCUT2D eigenvalue weighted by Crippen LogP contribution is 2.42. The summed E-state index contributed by atoms with van der Waals surface area (Å²) >= 11 is 6.19. The Morgan fingerprint density at radius 1 is 1.05 bits per heavy atom. The summed E-state index contributed by atoms with van der Waals surface area (Å²) < 4.78 is 10.7. The van der Waals surface area contributed by atoms with Crippen LogP contribution in [-0.2, 0) is 14.3 Å². The molecule has 4 rings (SSSR count). The number of benzene rings is 2. The van der Waals surface area contributed by atoms with Crippen LogP contribution in [0.25, 0.3) is 5.76 Å². The molecular formula is C28H25ClN2O6. The average molecular weight is 521 g/mol. The topological polar surface area (TPSA) is 106 Å². The van der Waals surface area contributed by atoms with Crippen molar-refractivity contribution in [2.24, 2.45) is 0 Å². The van der Waals surface area contributed by atoms with Crippen molar-refractivity contribution in [2.75, 3.05) is 11.5 Å². The van der Waals surface area contributed by atoms with Crippen LogP contribution < -0.4 is 9.64 Å². The lowest BCUT2D eigenvalue weighted by Gasteiger charge is -2.25. The number of aromatic nitrogens is 1. The van der Waals surface area contributed by atoms with Crippen molar-refractivity contribution in [1.82, 2.24) is 4.98 Å². The van der Waals surface area contributed by atoms with Crippen LogP contribution in [0.5, 0.6) is 5.75 Å². The number of nitrogens with zero attached hydrogens (tertiary/aromatic N) is 2. The van der Waals surface area contributed by atoms with Crippen molar-refractivity contribution in [3.8, 4) is 5.75 Å². The molecule has 190 valence electrons. The van der Waals surface area contributed by atoms with Crippen LogP contribution in [0.1, 0.15) is 48.3 Å². The van der Waals surface area contributed by atoms with Gasteiger partial charge in [0.15, 0.2) is 0 Å². The number of pyridine rings is 1. The first kappa shape index (κ1) is 25.9. The number of carbonyl (C=O) groups excluding carboxylic acids is 3. The number of aliphatic hydroxyl groups is 1. The molecule has 1 unspecified atom stereocenters. The number of esters is 1. The maximum absolute atomic E-state index is 13.3. The summed E-state index contributed by atoms with van der Waals surface area (Å²) in [5.74, 6) is -2.19. The second kappa shape index (κ2) is 10.8. The van der Waals surface area contributed by atoms with E-state index in [1.54, 1.807) is 57.2 Å². The number of ether oxygens (including phenoxy) is 2.